The Balaban J connectivity index is 1.41. The van der Waals surface area contributed by atoms with Crippen molar-refractivity contribution in [2.75, 3.05) is 25.0 Å². The summed E-state index contributed by atoms with van der Waals surface area (Å²) in [4.78, 5) is 6.85. The molecule has 0 aliphatic heterocycles. The number of aromatic nitrogens is 4. The van der Waals surface area contributed by atoms with Gasteiger partial charge >= 0.3 is 0 Å². The molecule has 0 aliphatic rings. The van der Waals surface area contributed by atoms with Crippen LogP contribution >= 0.6 is 11.6 Å². The minimum Gasteiger partial charge on any atom is -0.382 e. The van der Waals surface area contributed by atoms with Crippen molar-refractivity contribution in [1.82, 2.24) is 30.2 Å². The maximum Gasteiger partial charge on any atom is 0.126 e. The number of hydrogen-bond acceptors (Lipinski definition) is 7. The summed E-state index contributed by atoms with van der Waals surface area (Å²) in [6.07, 6.45) is 5.18. The first kappa shape index (κ1) is 26.1. The number of rotatable bonds is 14. The normalized spacial score (nSPS) is 13.4. The van der Waals surface area contributed by atoms with Crippen molar-refractivity contribution in [2.45, 2.75) is 59.0 Å². The molecule has 0 fully saturated rings. The van der Waals surface area contributed by atoms with E-state index in [4.69, 9.17) is 11.6 Å². The van der Waals surface area contributed by atoms with Crippen molar-refractivity contribution in [1.29, 1.82) is 0 Å². The zero-order valence-electron chi connectivity index (χ0n) is 20.3. The zero-order chi connectivity index (χ0) is 24.5. The number of anilines is 1. The molecule has 3 rings (SSSR count). The fourth-order valence-electron chi connectivity index (χ4n) is 3.78. The number of benzene rings is 1. The van der Waals surface area contributed by atoms with Gasteiger partial charge in [-0.25, -0.2) is 0 Å². The molecule has 0 radical (unpaired) electrons. The molecule has 0 bridgehead atoms. The van der Waals surface area contributed by atoms with Crippen LogP contribution in [0.25, 0.3) is 10.9 Å². The number of likely N-dealkylation sites (N-methyl/N-ethyl adjacent to an activating group) is 1. The minimum atomic E-state index is -0.728. The number of hydrogen-bond donors (Lipinski definition) is 3. The van der Waals surface area contributed by atoms with Gasteiger partial charge in [0.15, 0.2) is 0 Å². The first-order chi connectivity index (χ1) is 16.4. The fourth-order valence-corrected chi connectivity index (χ4v) is 3.95. The molecule has 3 N–H and O–H groups in total. The Morgan fingerprint density at radius 1 is 1.29 bits per heavy atom. The van der Waals surface area contributed by atoms with Crippen molar-refractivity contribution in [3.05, 3.63) is 59.5 Å². The Kier molecular flexibility index (Phi) is 9.83. The molecule has 3 aromatic rings. The lowest BCUT2D eigenvalue weighted by Crippen LogP contribution is -2.29. The van der Waals surface area contributed by atoms with Gasteiger partial charge in [0.05, 0.1) is 17.8 Å². The molecule has 2 unspecified atom stereocenters. The molecule has 1 aromatic carbocycles. The van der Waals surface area contributed by atoms with E-state index in [-0.39, 0.29) is 0 Å². The predicted octanol–water partition coefficient (Wildman–Crippen LogP) is 4.07. The SMILES string of the molecule is C=C(C)C(O)NCc1cn(CCN(CC)CCCC(C)Nc2ccnc3cc(Cl)ccc23)nn1. The summed E-state index contributed by atoms with van der Waals surface area (Å²) in [5.41, 5.74) is 3.47. The van der Waals surface area contributed by atoms with Gasteiger partial charge < -0.3 is 15.3 Å². The second-order valence-corrected chi connectivity index (χ2v) is 9.18. The van der Waals surface area contributed by atoms with Crippen LogP contribution in [-0.4, -0.2) is 61.9 Å². The van der Waals surface area contributed by atoms with Gasteiger partial charge in [0.1, 0.15) is 6.23 Å². The maximum atomic E-state index is 9.78. The van der Waals surface area contributed by atoms with E-state index in [2.05, 4.69) is 51.3 Å². The third-order valence-corrected chi connectivity index (χ3v) is 6.08. The molecule has 34 heavy (non-hydrogen) atoms. The molecule has 0 amide bonds. The average molecular weight is 486 g/mol. The van der Waals surface area contributed by atoms with Crippen LogP contribution in [0.4, 0.5) is 5.69 Å². The van der Waals surface area contributed by atoms with Gasteiger partial charge in [0, 0.05) is 47.6 Å². The van der Waals surface area contributed by atoms with E-state index in [9.17, 15) is 5.11 Å². The Morgan fingerprint density at radius 3 is 2.88 bits per heavy atom. The van der Waals surface area contributed by atoms with Gasteiger partial charge in [-0.1, -0.05) is 30.3 Å². The molecule has 0 saturated carbocycles. The van der Waals surface area contributed by atoms with Crippen LogP contribution in [0.5, 0.6) is 0 Å². The second-order valence-electron chi connectivity index (χ2n) is 8.74. The Bertz CT molecular complexity index is 1070. The smallest absolute Gasteiger partial charge is 0.126 e. The van der Waals surface area contributed by atoms with Crippen LogP contribution in [0.2, 0.25) is 5.02 Å². The van der Waals surface area contributed by atoms with Crippen molar-refractivity contribution in [3.63, 3.8) is 0 Å². The number of halogens is 1. The fraction of sp³-hybridized carbons (Fsp3) is 0.480. The number of fused-ring (bicyclic) bond motifs is 1. The van der Waals surface area contributed by atoms with E-state index in [0.29, 0.717) is 23.2 Å². The van der Waals surface area contributed by atoms with Gasteiger partial charge in [-0.05, 0) is 69.6 Å². The van der Waals surface area contributed by atoms with E-state index in [1.165, 1.54) is 0 Å². The number of nitrogens with one attached hydrogen (secondary N) is 2. The van der Waals surface area contributed by atoms with Gasteiger partial charge in [0.2, 0.25) is 0 Å². The van der Waals surface area contributed by atoms with Crippen molar-refractivity contribution in [2.24, 2.45) is 0 Å². The lowest BCUT2D eigenvalue weighted by Gasteiger charge is -2.22. The number of aliphatic hydroxyl groups is 1. The van der Waals surface area contributed by atoms with E-state index in [1.54, 1.807) is 6.92 Å². The third-order valence-electron chi connectivity index (χ3n) is 5.84. The summed E-state index contributed by atoms with van der Waals surface area (Å²) in [6, 6.07) is 8.19. The standard InChI is InChI=1S/C25H36ClN7O/c1-5-32(13-14-33-17-21(30-31-33)16-28-25(34)18(2)3)12-6-7-19(4)29-23-10-11-27-24-15-20(26)8-9-22(23)24/h8-11,15,17,19,25,28,34H,2,5-7,12-14,16H2,1,3-4H3,(H,27,29). The molecule has 9 heteroatoms. The molecule has 2 aromatic heterocycles. The minimum absolute atomic E-state index is 0.347. The van der Waals surface area contributed by atoms with Crippen LogP contribution in [0.1, 0.15) is 39.3 Å². The van der Waals surface area contributed by atoms with Crippen molar-refractivity contribution < 1.29 is 5.11 Å². The first-order valence-corrected chi connectivity index (χ1v) is 12.2. The molecular weight excluding hydrogens is 450 g/mol. The highest BCUT2D eigenvalue weighted by Crippen LogP contribution is 2.25. The van der Waals surface area contributed by atoms with Crippen LogP contribution in [0.3, 0.4) is 0 Å². The molecule has 0 spiro atoms. The highest BCUT2D eigenvalue weighted by molar-refractivity contribution is 6.31. The largest absolute Gasteiger partial charge is 0.382 e. The summed E-state index contributed by atoms with van der Waals surface area (Å²) in [6.45, 7) is 14.1. The lowest BCUT2D eigenvalue weighted by molar-refractivity contribution is 0.170. The van der Waals surface area contributed by atoms with Gasteiger partial charge in [-0.3, -0.25) is 15.0 Å². The second kappa shape index (κ2) is 12.8. The van der Waals surface area contributed by atoms with Crippen LogP contribution < -0.4 is 10.6 Å². The Morgan fingerprint density at radius 2 is 2.12 bits per heavy atom. The quantitative estimate of drug-likeness (QED) is 0.234. The van der Waals surface area contributed by atoms with Crippen molar-refractivity contribution in [3.8, 4) is 0 Å². The topological polar surface area (TPSA) is 91.1 Å². The molecule has 8 nitrogen and oxygen atoms in total. The lowest BCUT2D eigenvalue weighted by atomic mass is 10.1. The maximum absolute atomic E-state index is 9.78. The highest BCUT2D eigenvalue weighted by Gasteiger charge is 2.10. The van der Waals surface area contributed by atoms with E-state index >= 15 is 0 Å². The molecule has 0 aliphatic carbocycles. The Labute approximate surface area is 207 Å². The highest BCUT2D eigenvalue weighted by atomic mass is 35.5. The predicted molar refractivity (Wildman–Crippen MR) is 139 cm³/mol. The summed E-state index contributed by atoms with van der Waals surface area (Å²) < 4.78 is 1.86. The zero-order valence-corrected chi connectivity index (χ0v) is 21.1. The van der Waals surface area contributed by atoms with Crippen LogP contribution in [0, 0.1) is 0 Å². The van der Waals surface area contributed by atoms with E-state index in [0.717, 1.165) is 61.3 Å². The van der Waals surface area contributed by atoms with E-state index in [1.807, 2.05) is 41.3 Å². The summed E-state index contributed by atoms with van der Waals surface area (Å²) in [5, 5.41) is 26.5. The van der Waals surface area contributed by atoms with Crippen molar-refractivity contribution >= 4 is 28.2 Å². The van der Waals surface area contributed by atoms with Crippen LogP contribution in [0.15, 0.2) is 48.8 Å². The summed E-state index contributed by atoms with van der Waals surface area (Å²) >= 11 is 6.10. The van der Waals surface area contributed by atoms with Gasteiger partial charge in [-0.15, -0.1) is 5.10 Å². The van der Waals surface area contributed by atoms with E-state index < -0.39 is 6.23 Å². The summed E-state index contributed by atoms with van der Waals surface area (Å²) in [5.74, 6) is 0. The Hall–Kier alpha value is -2.52. The van der Waals surface area contributed by atoms with Crippen LogP contribution in [-0.2, 0) is 13.1 Å². The number of aliphatic hydroxyl groups excluding tert-OH is 1. The molecular formula is C25H36ClN7O. The monoisotopic (exact) mass is 485 g/mol. The molecule has 2 heterocycles. The van der Waals surface area contributed by atoms with Gasteiger partial charge in [-0.2, -0.15) is 0 Å². The van der Waals surface area contributed by atoms with Gasteiger partial charge in [0.25, 0.3) is 0 Å². The first-order valence-electron chi connectivity index (χ1n) is 11.8. The molecule has 0 saturated heterocycles. The number of pyridine rings is 1. The third kappa shape index (κ3) is 7.77. The molecule has 184 valence electrons. The average Bonchev–Trinajstić information content (AvgIpc) is 3.27. The summed E-state index contributed by atoms with van der Waals surface area (Å²) in [7, 11) is 0. The number of nitrogens with zero attached hydrogens (tertiary/aromatic N) is 5. The molecule has 2 atom stereocenters.